The number of thiophene rings is 1. The molecule has 5 heterocycles. The highest BCUT2D eigenvalue weighted by molar-refractivity contribution is 7.16. The van der Waals surface area contributed by atoms with Gasteiger partial charge in [0.25, 0.3) is 0 Å². The van der Waals surface area contributed by atoms with Crippen LogP contribution in [0.1, 0.15) is 24.0 Å². The number of piperazine rings is 2. The summed E-state index contributed by atoms with van der Waals surface area (Å²) < 4.78 is 0. The van der Waals surface area contributed by atoms with Crippen LogP contribution in [0.15, 0.2) is 36.0 Å². The third kappa shape index (κ3) is 4.78. The van der Waals surface area contributed by atoms with E-state index in [-0.39, 0.29) is 5.91 Å². The van der Waals surface area contributed by atoms with E-state index in [4.69, 9.17) is 0 Å². The fraction of sp³-hybridized carbons (Fsp3) is 0.500. The molecule has 2 atom stereocenters. The Bertz CT molecular complexity index is 1190. The lowest BCUT2D eigenvalue weighted by molar-refractivity contribution is -0.117. The van der Waals surface area contributed by atoms with Crippen molar-refractivity contribution in [2.45, 2.75) is 38.4 Å². The number of hydrogen-bond acceptors (Lipinski definition) is 8. The topological polar surface area (TPSA) is 76.6 Å². The molecule has 3 fully saturated rings. The second-order valence-electron chi connectivity index (χ2n) is 10.0. The molecule has 3 aliphatic heterocycles. The number of hydrogen-bond donors (Lipinski definition) is 2. The molecule has 1 amide bonds. The summed E-state index contributed by atoms with van der Waals surface area (Å²) in [5, 5.41) is 9.85. The van der Waals surface area contributed by atoms with E-state index in [9.17, 15) is 4.79 Å². The van der Waals surface area contributed by atoms with Gasteiger partial charge in [-0.25, -0.2) is 9.97 Å². The van der Waals surface area contributed by atoms with Crippen LogP contribution in [-0.4, -0.2) is 83.6 Å². The molecule has 3 saturated heterocycles. The molecule has 9 heteroatoms. The van der Waals surface area contributed by atoms with Gasteiger partial charge in [-0.1, -0.05) is 12.1 Å². The first-order valence-electron chi connectivity index (χ1n) is 12.7. The average molecular weight is 492 g/mol. The highest BCUT2D eigenvalue weighted by Crippen LogP contribution is 2.37. The largest absolute Gasteiger partial charge is 0.347 e. The zero-order valence-electron chi connectivity index (χ0n) is 20.2. The second kappa shape index (κ2) is 9.81. The zero-order chi connectivity index (χ0) is 23.8. The van der Waals surface area contributed by atoms with Gasteiger partial charge in [0.2, 0.25) is 5.91 Å². The van der Waals surface area contributed by atoms with Crippen LogP contribution in [0.5, 0.6) is 0 Å². The fourth-order valence-corrected chi connectivity index (χ4v) is 6.60. The van der Waals surface area contributed by atoms with E-state index >= 15 is 0 Å². The Morgan fingerprint density at radius 2 is 1.91 bits per heavy atom. The summed E-state index contributed by atoms with van der Waals surface area (Å²) >= 11 is 1.66. The molecule has 2 unspecified atom stereocenters. The molecule has 184 valence electrons. The molecule has 8 nitrogen and oxygen atoms in total. The van der Waals surface area contributed by atoms with E-state index in [1.165, 1.54) is 5.56 Å². The van der Waals surface area contributed by atoms with Crippen molar-refractivity contribution in [3.63, 3.8) is 0 Å². The van der Waals surface area contributed by atoms with Gasteiger partial charge >= 0.3 is 0 Å². The predicted molar refractivity (Wildman–Crippen MR) is 141 cm³/mol. The van der Waals surface area contributed by atoms with Crippen molar-refractivity contribution >= 4 is 39.0 Å². The summed E-state index contributed by atoms with van der Waals surface area (Å²) in [6.45, 7) is 9.42. The number of nitrogens with zero attached hydrogens (tertiary/aromatic N) is 5. The van der Waals surface area contributed by atoms with Crippen LogP contribution in [-0.2, 0) is 11.3 Å². The number of carbonyl (C=O) groups is 1. The van der Waals surface area contributed by atoms with Gasteiger partial charge in [-0.05, 0) is 48.4 Å². The van der Waals surface area contributed by atoms with Crippen LogP contribution in [0.4, 0.5) is 11.5 Å². The number of likely N-dealkylation sites (tertiary alicyclic amines) is 1. The minimum absolute atomic E-state index is 0.0718. The fourth-order valence-electron chi connectivity index (χ4n) is 5.87. The number of aromatic nitrogens is 2. The first kappa shape index (κ1) is 22.8. The third-order valence-electron chi connectivity index (χ3n) is 7.60. The lowest BCUT2D eigenvalue weighted by Crippen LogP contribution is -2.55. The van der Waals surface area contributed by atoms with Gasteiger partial charge in [0.1, 0.15) is 17.0 Å². The van der Waals surface area contributed by atoms with Gasteiger partial charge in [-0.3, -0.25) is 14.6 Å². The number of carbonyl (C=O) groups excluding carboxylic acids is 1. The van der Waals surface area contributed by atoms with Crippen molar-refractivity contribution in [2.75, 3.05) is 56.0 Å². The minimum atomic E-state index is 0.0718. The highest BCUT2D eigenvalue weighted by Gasteiger charge is 2.41. The smallest absolute Gasteiger partial charge is 0.238 e. The van der Waals surface area contributed by atoms with Gasteiger partial charge in [0.15, 0.2) is 0 Å². The molecule has 0 aliphatic carbocycles. The molecule has 1 aromatic carbocycles. The lowest BCUT2D eigenvalue weighted by Gasteiger charge is -2.41. The molecule has 3 aliphatic rings. The van der Waals surface area contributed by atoms with E-state index in [1.807, 2.05) is 0 Å². The molecule has 2 aromatic heterocycles. The molecular formula is C26H33N7OS. The minimum Gasteiger partial charge on any atom is -0.347 e. The quantitative estimate of drug-likeness (QED) is 0.549. The normalized spacial score (nSPS) is 23.2. The maximum atomic E-state index is 13.1. The summed E-state index contributed by atoms with van der Waals surface area (Å²) in [6.07, 6.45) is 3.98. The summed E-state index contributed by atoms with van der Waals surface area (Å²) in [5.41, 5.74) is 3.30. The summed E-state index contributed by atoms with van der Waals surface area (Å²) in [5.74, 6) is 1.13. The third-order valence-corrected chi connectivity index (χ3v) is 8.42. The van der Waals surface area contributed by atoms with E-state index < -0.39 is 0 Å². The number of anilines is 2. The molecular weight excluding hydrogens is 458 g/mol. The number of aryl methyl sites for hydroxylation is 1. The monoisotopic (exact) mass is 491 g/mol. The number of benzene rings is 1. The Balaban J connectivity index is 1.09. The van der Waals surface area contributed by atoms with Crippen molar-refractivity contribution in [1.29, 1.82) is 0 Å². The Labute approximate surface area is 210 Å². The maximum absolute atomic E-state index is 13.1. The van der Waals surface area contributed by atoms with Crippen molar-refractivity contribution in [2.24, 2.45) is 0 Å². The number of fused-ring (bicyclic) bond motifs is 3. The highest BCUT2D eigenvalue weighted by atomic mass is 32.1. The Morgan fingerprint density at radius 3 is 2.71 bits per heavy atom. The van der Waals surface area contributed by atoms with Gasteiger partial charge in [0.05, 0.1) is 11.9 Å². The van der Waals surface area contributed by atoms with Crippen molar-refractivity contribution < 1.29 is 4.79 Å². The van der Waals surface area contributed by atoms with Crippen molar-refractivity contribution in [1.82, 2.24) is 25.1 Å². The van der Waals surface area contributed by atoms with Crippen molar-refractivity contribution in [3.8, 4) is 0 Å². The van der Waals surface area contributed by atoms with Crippen molar-refractivity contribution in [3.05, 3.63) is 47.1 Å². The summed E-state index contributed by atoms with van der Waals surface area (Å²) in [4.78, 5) is 30.5. The Kier molecular flexibility index (Phi) is 6.40. The number of rotatable bonds is 6. The molecule has 3 aromatic rings. The van der Waals surface area contributed by atoms with Crippen LogP contribution in [0.2, 0.25) is 0 Å². The molecule has 0 spiro atoms. The first-order valence-corrected chi connectivity index (χ1v) is 13.5. The Morgan fingerprint density at radius 1 is 1.11 bits per heavy atom. The molecule has 2 bridgehead atoms. The summed E-state index contributed by atoms with van der Waals surface area (Å²) in [7, 11) is 0. The first-order chi connectivity index (χ1) is 17.1. The van der Waals surface area contributed by atoms with Crippen LogP contribution in [0.3, 0.4) is 0 Å². The van der Waals surface area contributed by atoms with Crippen LogP contribution >= 0.6 is 11.3 Å². The molecule has 2 N–H and O–H groups in total. The maximum Gasteiger partial charge on any atom is 0.238 e. The second-order valence-corrected chi connectivity index (χ2v) is 10.9. The van der Waals surface area contributed by atoms with Crippen LogP contribution in [0, 0.1) is 6.92 Å². The molecule has 6 rings (SSSR count). The standard InChI is InChI=1S/C26H33N7OS/c1-18-2-3-19(13-31-9-7-27-8-10-31)12-23(18)30-24(34)16-32-14-20-4-5-21(15-32)33(20)25-22-6-11-35-26(22)29-17-28-25/h2-3,6,11-12,17,20-21,27H,4-5,7-10,13-16H2,1H3,(H,30,34). The van der Waals surface area contributed by atoms with E-state index in [2.05, 4.69) is 71.9 Å². The van der Waals surface area contributed by atoms with Crippen LogP contribution in [0.25, 0.3) is 10.2 Å². The van der Waals surface area contributed by atoms with E-state index in [0.717, 1.165) is 85.9 Å². The number of nitrogens with one attached hydrogen (secondary N) is 2. The van der Waals surface area contributed by atoms with E-state index in [0.29, 0.717) is 18.6 Å². The van der Waals surface area contributed by atoms with Gasteiger partial charge in [-0.2, -0.15) is 0 Å². The Hall–Kier alpha value is -2.59. The predicted octanol–water partition coefficient (Wildman–Crippen LogP) is 2.70. The van der Waals surface area contributed by atoms with Crippen LogP contribution < -0.4 is 15.5 Å². The van der Waals surface area contributed by atoms with Gasteiger partial charge < -0.3 is 15.5 Å². The molecule has 35 heavy (non-hydrogen) atoms. The zero-order valence-corrected chi connectivity index (χ0v) is 21.1. The van der Waals surface area contributed by atoms with Gasteiger partial charge in [-0.15, -0.1) is 11.3 Å². The van der Waals surface area contributed by atoms with E-state index in [1.54, 1.807) is 17.7 Å². The average Bonchev–Trinajstić information content (AvgIpc) is 3.44. The summed E-state index contributed by atoms with van der Waals surface area (Å²) in [6, 6.07) is 9.37. The SMILES string of the molecule is Cc1ccc(CN2CCNCC2)cc1NC(=O)CN1CC2CCC(C1)N2c1ncnc2sccc12. The van der Waals surface area contributed by atoms with Gasteiger partial charge in [0, 0.05) is 63.6 Å². The molecule has 0 radical (unpaired) electrons. The lowest BCUT2D eigenvalue weighted by atomic mass is 10.1. The molecule has 0 saturated carbocycles. The number of amides is 1.